The van der Waals surface area contributed by atoms with E-state index in [4.69, 9.17) is 4.52 Å². The van der Waals surface area contributed by atoms with Gasteiger partial charge in [0.1, 0.15) is 0 Å². The molecule has 1 saturated heterocycles. The fourth-order valence-corrected chi connectivity index (χ4v) is 4.23. The molecule has 7 heteroatoms. The molecule has 32 heavy (non-hydrogen) atoms. The first kappa shape index (κ1) is 20.4. The second-order valence-electron chi connectivity index (χ2n) is 8.58. The molecule has 2 aliphatic rings. The Bertz CT molecular complexity index is 1150. The molecule has 3 aromatic rings. The molecular weight excluding hydrogens is 404 g/mol. The summed E-state index contributed by atoms with van der Waals surface area (Å²) in [6, 6.07) is 15.3. The molecule has 0 radical (unpaired) electrons. The zero-order valence-electron chi connectivity index (χ0n) is 18.1. The SMILES string of the molecule is CCc1cccc(NC(=O)C2CC(=O)N(c3cccc(-c4noc(C5CCC5)n4)c3)C2)c1. The largest absolute Gasteiger partial charge is 0.339 e. The standard InChI is InChI=1S/C25H26N4O3/c1-2-16-6-3-10-20(12-16)26-24(31)19-14-22(30)29(15-19)21-11-5-9-18(13-21)23-27-25(32-28-23)17-7-4-8-17/h3,5-6,9-13,17,19H,2,4,7-8,14-15H2,1H3,(H,26,31). The first-order valence-corrected chi connectivity index (χ1v) is 11.2. The van der Waals surface area contributed by atoms with E-state index in [-0.39, 0.29) is 18.2 Å². The number of nitrogens with one attached hydrogen (secondary N) is 1. The number of amides is 2. The zero-order valence-corrected chi connectivity index (χ0v) is 18.1. The lowest BCUT2D eigenvalue weighted by Crippen LogP contribution is -2.28. The highest BCUT2D eigenvalue weighted by atomic mass is 16.5. The molecule has 5 rings (SSSR count). The number of aryl methyl sites for hydroxylation is 1. The van der Waals surface area contributed by atoms with Crippen molar-refractivity contribution in [2.75, 3.05) is 16.8 Å². The third kappa shape index (κ3) is 4.02. The van der Waals surface area contributed by atoms with Gasteiger partial charge in [-0.05, 0) is 49.1 Å². The predicted octanol–water partition coefficient (Wildman–Crippen LogP) is 4.56. The maximum Gasteiger partial charge on any atom is 0.230 e. The average molecular weight is 431 g/mol. The molecule has 2 amide bonds. The summed E-state index contributed by atoms with van der Waals surface area (Å²) in [5, 5.41) is 7.09. The number of benzene rings is 2. The molecule has 1 aromatic heterocycles. The lowest BCUT2D eigenvalue weighted by Gasteiger charge is -2.20. The molecule has 1 atom stereocenters. The van der Waals surface area contributed by atoms with Gasteiger partial charge in [-0.15, -0.1) is 0 Å². The number of hydrogen-bond acceptors (Lipinski definition) is 5. The summed E-state index contributed by atoms with van der Waals surface area (Å²) in [7, 11) is 0. The molecule has 0 spiro atoms. The summed E-state index contributed by atoms with van der Waals surface area (Å²) < 4.78 is 5.44. The minimum Gasteiger partial charge on any atom is -0.339 e. The van der Waals surface area contributed by atoms with Crippen LogP contribution in [0, 0.1) is 5.92 Å². The molecule has 1 aliphatic carbocycles. The number of aromatic nitrogens is 2. The second kappa shape index (κ2) is 8.57. The molecule has 1 saturated carbocycles. The Morgan fingerprint density at radius 3 is 2.81 bits per heavy atom. The van der Waals surface area contributed by atoms with E-state index in [9.17, 15) is 9.59 Å². The molecule has 164 valence electrons. The van der Waals surface area contributed by atoms with Gasteiger partial charge in [0.2, 0.25) is 23.5 Å². The van der Waals surface area contributed by atoms with Crippen molar-refractivity contribution in [2.24, 2.45) is 5.92 Å². The molecule has 2 heterocycles. The van der Waals surface area contributed by atoms with E-state index in [1.165, 1.54) is 6.42 Å². The molecule has 1 aliphatic heterocycles. The van der Waals surface area contributed by atoms with E-state index in [1.807, 2.05) is 48.5 Å². The van der Waals surface area contributed by atoms with Crippen molar-refractivity contribution in [3.8, 4) is 11.4 Å². The molecule has 7 nitrogen and oxygen atoms in total. The van der Waals surface area contributed by atoms with Crippen molar-refractivity contribution >= 4 is 23.2 Å². The van der Waals surface area contributed by atoms with Crippen LogP contribution in [-0.2, 0) is 16.0 Å². The van der Waals surface area contributed by atoms with Crippen LogP contribution in [0.25, 0.3) is 11.4 Å². The highest BCUT2D eigenvalue weighted by Crippen LogP contribution is 2.36. The van der Waals surface area contributed by atoms with Gasteiger partial charge in [0, 0.05) is 35.8 Å². The summed E-state index contributed by atoms with van der Waals surface area (Å²) >= 11 is 0. The Kier molecular flexibility index (Phi) is 5.47. The number of hydrogen-bond donors (Lipinski definition) is 1. The van der Waals surface area contributed by atoms with Gasteiger partial charge in [0.15, 0.2) is 0 Å². The van der Waals surface area contributed by atoms with Gasteiger partial charge in [-0.3, -0.25) is 9.59 Å². The molecule has 1 unspecified atom stereocenters. The summed E-state index contributed by atoms with van der Waals surface area (Å²) in [4.78, 5) is 31.7. The number of anilines is 2. The third-order valence-electron chi connectivity index (χ3n) is 6.41. The smallest absolute Gasteiger partial charge is 0.230 e. The second-order valence-corrected chi connectivity index (χ2v) is 8.58. The summed E-state index contributed by atoms with van der Waals surface area (Å²) in [6.07, 6.45) is 4.48. The van der Waals surface area contributed by atoms with Gasteiger partial charge in [-0.25, -0.2) is 0 Å². The Hall–Kier alpha value is -3.48. The van der Waals surface area contributed by atoms with Crippen LogP contribution < -0.4 is 10.2 Å². The maximum atomic E-state index is 12.8. The van der Waals surface area contributed by atoms with Crippen molar-refractivity contribution in [2.45, 2.75) is 44.9 Å². The summed E-state index contributed by atoms with van der Waals surface area (Å²) in [5.74, 6) is 1.01. The molecule has 2 aromatic carbocycles. The van der Waals surface area contributed by atoms with E-state index < -0.39 is 5.92 Å². The zero-order chi connectivity index (χ0) is 22.1. The lowest BCUT2D eigenvalue weighted by atomic mass is 9.85. The highest BCUT2D eigenvalue weighted by Gasteiger charge is 2.35. The number of carbonyl (C=O) groups is 2. The normalized spacial score (nSPS) is 18.6. The van der Waals surface area contributed by atoms with Crippen molar-refractivity contribution in [1.82, 2.24) is 10.1 Å². The van der Waals surface area contributed by atoms with Crippen LogP contribution in [-0.4, -0.2) is 28.5 Å². The van der Waals surface area contributed by atoms with Gasteiger partial charge >= 0.3 is 0 Å². The van der Waals surface area contributed by atoms with Crippen LogP contribution >= 0.6 is 0 Å². The number of nitrogens with zero attached hydrogens (tertiary/aromatic N) is 3. The van der Waals surface area contributed by atoms with Gasteiger partial charge in [-0.1, -0.05) is 42.8 Å². The Morgan fingerprint density at radius 1 is 1.19 bits per heavy atom. The van der Waals surface area contributed by atoms with Gasteiger partial charge < -0.3 is 14.7 Å². The first-order valence-electron chi connectivity index (χ1n) is 11.2. The van der Waals surface area contributed by atoms with E-state index in [2.05, 4.69) is 22.4 Å². The van der Waals surface area contributed by atoms with E-state index >= 15 is 0 Å². The topological polar surface area (TPSA) is 88.3 Å². The van der Waals surface area contributed by atoms with E-state index in [0.717, 1.165) is 41.8 Å². The van der Waals surface area contributed by atoms with Crippen molar-refractivity contribution in [3.05, 3.63) is 60.0 Å². The Labute approximate surface area is 186 Å². The van der Waals surface area contributed by atoms with E-state index in [1.54, 1.807) is 4.90 Å². The van der Waals surface area contributed by atoms with E-state index in [0.29, 0.717) is 24.2 Å². The van der Waals surface area contributed by atoms with Crippen LogP contribution in [0.1, 0.15) is 50.0 Å². The van der Waals surface area contributed by atoms with Crippen LogP contribution in [0.15, 0.2) is 53.1 Å². The first-order chi connectivity index (χ1) is 15.6. The molecule has 2 fully saturated rings. The van der Waals surface area contributed by atoms with Gasteiger partial charge in [-0.2, -0.15) is 4.98 Å². The summed E-state index contributed by atoms with van der Waals surface area (Å²) in [5.41, 5.74) is 3.46. The van der Waals surface area contributed by atoms with Crippen LogP contribution in [0.4, 0.5) is 11.4 Å². The van der Waals surface area contributed by atoms with Crippen LogP contribution in [0.5, 0.6) is 0 Å². The fraction of sp³-hybridized carbons (Fsp3) is 0.360. The van der Waals surface area contributed by atoms with Crippen molar-refractivity contribution < 1.29 is 14.1 Å². The predicted molar refractivity (Wildman–Crippen MR) is 121 cm³/mol. The van der Waals surface area contributed by atoms with Crippen LogP contribution in [0.2, 0.25) is 0 Å². The lowest BCUT2D eigenvalue weighted by molar-refractivity contribution is -0.122. The average Bonchev–Trinajstić information content (AvgIpc) is 3.40. The summed E-state index contributed by atoms with van der Waals surface area (Å²) in [6.45, 7) is 2.42. The monoisotopic (exact) mass is 430 g/mol. The minimum atomic E-state index is -0.396. The third-order valence-corrected chi connectivity index (χ3v) is 6.41. The maximum absolute atomic E-state index is 12.8. The van der Waals surface area contributed by atoms with Gasteiger partial charge in [0.25, 0.3) is 0 Å². The highest BCUT2D eigenvalue weighted by molar-refractivity contribution is 6.03. The molecule has 0 bridgehead atoms. The van der Waals surface area contributed by atoms with Crippen molar-refractivity contribution in [1.29, 1.82) is 0 Å². The molecule has 1 N–H and O–H groups in total. The Balaban J connectivity index is 1.29. The van der Waals surface area contributed by atoms with Crippen molar-refractivity contribution in [3.63, 3.8) is 0 Å². The van der Waals surface area contributed by atoms with Gasteiger partial charge in [0.05, 0.1) is 5.92 Å². The molecular formula is C25H26N4O3. The quantitative estimate of drug-likeness (QED) is 0.619. The minimum absolute atomic E-state index is 0.0622. The number of carbonyl (C=O) groups excluding carboxylic acids is 2. The Morgan fingerprint density at radius 2 is 2.03 bits per heavy atom. The van der Waals surface area contributed by atoms with Crippen LogP contribution in [0.3, 0.4) is 0 Å². The fourth-order valence-electron chi connectivity index (χ4n) is 4.23. The number of rotatable bonds is 6.